The Kier molecular flexibility index (Phi) is 6.15. The molecule has 3 aromatic rings. The van der Waals surface area contributed by atoms with Crippen LogP contribution in [0.1, 0.15) is 18.4 Å². The second kappa shape index (κ2) is 8.55. The molecule has 142 valence electrons. The Balaban J connectivity index is 1.67. The fourth-order valence-corrected chi connectivity index (χ4v) is 4.19. The smallest absolute Gasteiger partial charge is 0.211 e. The summed E-state index contributed by atoms with van der Waals surface area (Å²) in [5.74, 6) is -0.320. The first-order valence-corrected chi connectivity index (χ1v) is 10.9. The number of aromatic nitrogens is 2. The third-order valence-electron chi connectivity index (χ3n) is 4.01. The monoisotopic (exact) mass is 404 g/mol. The van der Waals surface area contributed by atoms with Gasteiger partial charge in [0.1, 0.15) is 6.54 Å². The van der Waals surface area contributed by atoms with Gasteiger partial charge in [-0.05, 0) is 24.6 Å². The van der Waals surface area contributed by atoms with E-state index in [9.17, 15) is 13.0 Å². The van der Waals surface area contributed by atoms with E-state index in [-0.39, 0.29) is 5.75 Å². The highest BCUT2D eigenvalue weighted by Crippen LogP contribution is 2.15. The maximum absolute atomic E-state index is 10.6. The Bertz CT molecular complexity index is 1130. The molecule has 0 fully saturated rings. The van der Waals surface area contributed by atoms with Crippen molar-refractivity contribution in [1.29, 1.82) is 0 Å². The number of thiazole rings is 1. The van der Waals surface area contributed by atoms with E-state index in [0.717, 1.165) is 20.6 Å². The van der Waals surface area contributed by atoms with Gasteiger partial charge in [0, 0.05) is 25.3 Å². The van der Waals surface area contributed by atoms with Crippen LogP contribution in [0.3, 0.4) is 0 Å². The van der Waals surface area contributed by atoms with Crippen molar-refractivity contribution in [3.8, 4) is 0 Å². The summed E-state index contributed by atoms with van der Waals surface area (Å²) in [7, 11) is -2.17. The van der Waals surface area contributed by atoms with Crippen LogP contribution in [0.5, 0.6) is 0 Å². The van der Waals surface area contributed by atoms with Crippen molar-refractivity contribution in [3.63, 3.8) is 0 Å². The normalized spacial score (nSPS) is 13.0. The Morgan fingerprint density at radius 2 is 2.04 bits per heavy atom. The molecular weight excluding hydrogens is 384 g/mol. The van der Waals surface area contributed by atoms with Crippen LogP contribution in [0.25, 0.3) is 10.2 Å². The minimum atomic E-state index is -4.13. The van der Waals surface area contributed by atoms with Crippen LogP contribution in [0.15, 0.2) is 59.0 Å². The Hall–Kier alpha value is -2.36. The summed E-state index contributed by atoms with van der Waals surface area (Å²) in [6.07, 6.45) is 6.47. The maximum atomic E-state index is 10.6. The molecule has 0 unspecified atom stereocenters. The van der Waals surface area contributed by atoms with Crippen molar-refractivity contribution in [2.45, 2.75) is 19.4 Å². The minimum absolute atomic E-state index is 0.320. The molecule has 7 nitrogen and oxygen atoms in total. The van der Waals surface area contributed by atoms with E-state index >= 15 is 0 Å². The summed E-state index contributed by atoms with van der Waals surface area (Å²) in [4.78, 5) is 0.815. The van der Waals surface area contributed by atoms with Gasteiger partial charge in [0.05, 0.1) is 32.1 Å². The molecule has 0 atom stereocenters. The van der Waals surface area contributed by atoms with Gasteiger partial charge < -0.3 is 9.12 Å². The van der Waals surface area contributed by atoms with Gasteiger partial charge in [-0.3, -0.25) is 0 Å². The molecule has 0 saturated heterocycles. The summed E-state index contributed by atoms with van der Waals surface area (Å²) in [5.41, 5.74) is 2.01. The van der Waals surface area contributed by atoms with E-state index in [4.69, 9.17) is 0 Å². The lowest BCUT2D eigenvalue weighted by molar-refractivity contribution is -0.697. The van der Waals surface area contributed by atoms with Crippen LogP contribution in [-0.4, -0.2) is 29.5 Å². The van der Waals surface area contributed by atoms with E-state index in [1.165, 1.54) is 0 Å². The molecule has 1 aromatic carbocycles. The lowest BCUT2D eigenvalue weighted by Gasteiger charge is -2.04. The highest BCUT2D eigenvalue weighted by Gasteiger charge is 2.03. The van der Waals surface area contributed by atoms with Crippen molar-refractivity contribution in [2.75, 3.05) is 5.75 Å². The van der Waals surface area contributed by atoms with Crippen molar-refractivity contribution >= 4 is 37.9 Å². The minimum Gasteiger partial charge on any atom is -0.748 e. The number of nitrogens with zero attached hydrogens (tertiary/aromatic N) is 4. The van der Waals surface area contributed by atoms with Crippen molar-refractivity contribution < 1.29 is 17.5 Å². The summed E-state index contributed by atoms with van der Waals surface area (Å²) in [6, 6.07) is 11.9. The van der Waals surface area contributed by atoms with E-state index < -0.39 is 10.1 Å². The van der Waals surface area contributed by atoms with E-state index in [0.29, 0.717) is 19.4 Å². The zero-order chi connectivity index (χ0) is 19.3. The van der Waals surface area contributed by atoms with Crippen molar-refractivity contribution in [2.24, 2.45) is 17.3 Å². The molecule has 0 aliphatic heterocycles. The van der Waals surface area contributed by atoms with Crippen LogP contribution in [0.2, 0.25) is 0 Å². The summed E-state index contributed by atoms with van der Waals surface area (Å²) in [5, 5.41) is 8.50. The van der Waals surface area contributed by atoms with E-state index in [1.807, 2.05) is 58.9 Å². The number of pyridine rings is 1. The second-order valence-corrected chi connectivity index (χ2v) is 8.63. The Morgan fingerprint density at radius 3 is 2.81 bits per heavy atom. The van der Waals surface area contributed by atoms with Crippen molar-refractivity contribution in [3.05, 3.63) is 59.2 Å². The number of benzene rings is 1. The molecular formula is C18H20N4O3S2. The Labute approximate surface area is 161 Å². The fourth-order valence-electron chi connectivity index (χ4n) is 2.65. The van der Waals surface area contributed by atoms with Gasteiger partial charge >= 0.3 is 0 Å². The third-order valence-corrected chi connectivity index (χ3v) is 5.90. The number of aryl methyl sites for hydroxylation is 2. The average Bonchev–Trinajstić information content (AvgIpc) is 2.95. The standard InChI is InChI=1S/C18H20N4O3S2/c1-21-16-8-2-3-9-17(16)26-18(21)20-19-13-15-7-6-11-22(14-15)10-4-5-12-27(23,24)25/h2-3,6-9,11,13-14H,4-5,10,12H2,1H3/b19-13+,20-18+. The van der Waals surface area contributed by atoms with Crippen LogP contribution < -0.4 is 9.37 Å². The largest absolute Gasteiger partial charge is 0.748 e. The topological polar surface area (TPSA) is 90.7 Å². The van der Waals surface area contributed by atoms with Gasteiger partial charge in [-0.15, -0.1) is 5.10 Å². The number of para-hydroxylation sites is 1. The summed E-state index contributed by atoms with van der Waals surface area (Å²) >= 11 is 1.58. The summed E-state index contributed by atoms with van der Waals surface area (Å²) in [6.45, 7) is 0.639. The van der Waals surface area contributed by atoms with Crippen LogP contribution in [0.4, 0.5) is 0 Å². The second-order valence-electron chi connectivity index (χ2n) is 6.10. The van der Waals surface area contributed by atoms with Gasteiger partial charge in [-0.25, -0.2) is 13.0 Å². The summed E-state index contributed by atoms with van der Waals surface area (Å²) < 4.78 is 37.0. The SMILES string of the molecule is Cn1/c(=N\N=C\c2ccc[n+](CCCCS(=O)(=O)[O-])c2)sc2ccccc21. The third kappa shape index (κ3) is 5.56. The number of hydrogen-bond donors (Lipinski definition) is 0. The van der Waals surface area contributed by atoms with Crippen LogP contribution in [-0.2, 0) is 23.7 Å². The number of unbranched alkanes of at least 4 members (excludes halogenated alkanes) is 1. The highest BCUT2D eigenvalue weighted by molar-refractivity contribution is 7.85. The molecule has 2 heterocycles. The first-order valence-electron chi connectivity index (χ1n) is 8.47. The molecule has 3 rings (SSSR count). The molecule has 2 aromatic heterocycles. The lowest BCUT2D eigenvalue weighted by Crippen LogP contribution is -2.33. The van der Waals surface area contributed by atoms with E-state index in [2.05, 4.69) is 16.3 Å². The zero-order valence-electron chi connectivity index (χ0n) is 14.9. The molecule has 9 heteroatoms. The van der Waals surface area contributed by atoms with Gasteiger partial charge in [-0.2, -0.15) is 5.10 Å². The molecule has 0 radical (unpaired) electrons. The number of hydrogen-bond acceptors (Lipinski definition) is 6. The molecule has 0 aliphatic rings. The quantitative estimate of drug-likeness (QED) is 0.198. The molecule has 0 saturated carbocycles. The molecule has 0 spiro atoms. The van der Waals surface area contributed by atoms with E-state index in [1.54, 1.807) is 17.6 Å². The maximum Gasteiger partial charge on any atom is 0.211 e. The first kappa shape index (κ1) is 19.4. The van der Waals surface area contributed by atoms with Gasteiger partial charge in [0.2, 0.25) is 4.80 Å². The van der Waals surface area contributed by atoms with Crippen LogP contribution >= 0.6 is 11.3 Å². The number of rotatable bonds is 7. The molecule has 0 aliphatic carbocycles. The first-order chi connectivity index (χ1) is 12.9. The van der Waals surface area contributed by atoms with Crippen LogP contribution in [0, 0.1) is 0 Å². The average molecular weight is 405 g/mol. The lowest BCUT2D eigenvalue weighted by atomic mass is 10.3. The number of fused-ring (bicyclic) bond motifs is 1. The van der Waals surface area contributed by atoms with Crippen molar-refractivity contribution in [1.82, 2.24) is 4.57 Å². The highest BCUT2D eigenvalue weighted by atomic mass is 32.2. The fraction of sp³-hybridized carbons (Fsp3) is 0.278. The predicted molar refractivity (Wildman–Crippen MR) is 104 cm³/mol. The van der Waals surface area contributed by atoms with Gasteiger partial charge in [-0.1, -0.05) is 23.5 Å². The zero-order valence-corrected chi connectivity index (χ0v) is 16.5. The van der Waals surface area contributed by atoms with Gasteiger partial charge in [0.15, 0.2) is 12.4 Å². The molecule has 27 heavy (non-hydrogen) atoms. The predicted octanol–water partition coefficient (Wildman–Crippen LogP) is 1.79. The molecule has 0 bridgehead atoms. The Morgan fingerprint density at radius 1 is 1.22 bits per heavy atom. The van der Waals surface area contributed by atoms with Gasteiger partial charge in [0.25, 0.3) is 0 Å². The molecule has 0 amide bonds. The molecule has 0 N–H and O–H groups in total.